The highest BCUT2D eigenvalue weighted by Crippen LogP contribution is 2.23. The van der Waals surface area contributed by atoms with Gasteiger partial charge >= 0.3 is 0 Å². The molecule has 0 bridgehead atoms. The lowest BCUT2D eigenvalue weighted by atomic mass is 10.0. The average Bonchev–Trinajstić information content (AvgIpc) is 3.12. The summed E-state index contributed by atoms with van der Waals surface area (Å²) in [5, 5.41) is 2.81. The summed E-state index contributed by atoms with van der Waals surface area (Å²) in [5.74, 6) is -0.402. The predicted octanol–water partition coefficient (Wildman–Crippen LogP) is 2.99. The Bertz CT molecular complexity index is 693. The van der Waals surface area contributed by atoms with Gasteiger partial charge in [-0.3, -0.25) is 9.69 Å². The van der Waals surface area contributed by atoms with E-state index in [1.165, 1.54) is 6.07 Å². The quantitative estimate of drug-likeness (QED) is 0.937. The standard InChI is InChI=1S/C18H23FN4O/c1-13-3-4-15(11-17(13)19)21-18(24)14(2)22-8-5-16(6-9-22)23-10-7-20-12-23/h3-4,7,10-12,14,16H,5-6,8-9H2,1-2H3,(H,21,24)/t14-/m0/s1. The Balaban J connectivity index is 1.55. The van der Waals surface area contributed by atoms with Gasteiger partial charge in [0, 0.05) is 37.2 Å². The molecule has 1 atom stereocenters. The van der Waals surface area contributed by atoms with Crippen LogP contribution in [0.4, 0.5) is 10.1 Å². The Kier molecular flexibility index (Phi) is 4.94. The number of likely N-dealkylation sites (tertiary alicyclic amines) is 1. The van der Waals surface area contributed by atoms with E-state index >= 15 is 0 Å². The molecule has 1 fully saturated rings. The summed E-state index contributed by atoms with van der Waals surface area (Å²) >= 11 is 0. The van der Waals surface area contributed by atoms with E-state index in [0.29, 0.717) is 17.3 Å². The molecular weight excluding hydrogens is 307 g/mol. The topological polar surface area (TPSA) is 50.2 Å². The summed E-state index contributed by atoms with van der Waals surface area (Å²) in [7, 11) is 0. The predicted molar refractivity (Wildman–Crippen MR) is 91.3 cm³/mol. The molecule has 2 aromatic rings. The van der Waals surface area contributed by atoms with Crippen molar-refractivity contribution in [1.29, 1.82) is 0 Å². The molecule has 2 heterocycles. The van der Waals surface area contributed by atoms with Gasteiger partial charge in [-0.05, 0) is 44.4 Å². The second-order valence-corrected chi connectivity index (χ2v) is 6.41. The van der Waals surface area contributed by atoms with Crippen molar-refractivity contribution in [3.05, 3.63) is 48.3 Å². The first-order chi connectivity index (χ1) is 11.5. The van der Waals surface area contributed by atoms with Gasteiger partial charge in [0.05, 0.1) is 12.4 Å². The van der Waals surface area contributed by atoms with Crippen LogP contribution < -0.4 is 5.32 Å². The molecule has 5 nitrogen and oxygen atoms in total. The van der Waals surface area contributed by atoms with Crippen molar-refractivity contribution >= 4 is 11.6 Å². The third kappa shape index (κ3) is 3.64. The number of imidazole rings is 1. The highest BCUT2D eigenvalue weighted by atomic mass is 19.1. The van der Waals surface area contributed by atoms with Gasteiger partial charge in [0.15, 0.2) is 0 Å². The first-order valence-corrected chi connectivity index (χ1v) is 8.33. The molecule has 24 heavy (non-hydrogen) atoms. The van der Waals surface area contributed by atoms with E-state index in [2.05, 4.69) is 19.8 Å². The van der Waals surface area contributed by atoms with Gasteiger partial charge in [-0.2, -0.15) is 0 Å². The fraction of sp³-hybridized carbons (Fsp3) is 0.444. The van der Waals surface area contributed by atoms with Crippen molar-refractivity contribution in [2.24, 2.45) is 0 Å². The number of nitrogens with one attached hydrogen (secondary N) is 1. The van der Waals surface area contributed by atoms with Crippen molar-refractivity contribution in [3.63, 3.8) is 0 Å². The maximum atomic E-state index is 13.6. The number of carbonyl (C=O) groups is 1. The number of anilines is 1. The van der Waals surface area contributed by atoms with Gasteiger partial charge in [-0.25, -0.2) is 9.37 Å². The Morgan fingerprint density at radius 2 is 2.12 bits per heavy atom. The van der Waals surface area contributed by atoms with E-state index in [9.17, 15) is 9.18 Å². The number of piperidine rings is 1. The van der Waals surface area contributed by atoms with Gasteiger partial charge < -0.3 is 9.88 Å². The Morgan fingerprint density at radius 1 is 1.38 bits per heavy atom. The number of benzene rings is 1. The maximum absolute atomic E-state index is 13.6. The van der Waals surface area contributed by atoms with Gasteiger partial charge in [-0.1, -0.05) is 6.07 Å². The van der Waals surface area contributed by atoms with Gasteiger partial charge in [-0.15, -0.1) is 0 Å². The molecule has 6 heteroatoms. The molecule has 1 aliphatic heterocycles. The number of hydrogen-bond donors (Lipinski definition) is 1. The van der Waals surface area contributed by atoms with Crippen LogP contribution in [0.5, 0.6) is 0 Å². The van der Waals surface area contributed by atoms with Crippen molar-refractivity contribution in [2.45, 2.75) is 38.8 Å². The van der Waals surface area contributed by atoms with Crippen LogP contribution in [-0.4, -0.2) is 39.5 Å². The summed E-state index contributed by atoms with van der Waals surface area (Å²) < 4.78 is 15.7. The molecule has 0 radical (unpaired) electrons. The lowest BCUT2D eigenvalue weighted by Crippen LogP contribution is -2.46. The van der Waals surface area contributed by atoms with Crippen LogP contribution in [0.2, 0.25) is 0 Å². The zero-order valence-electron chi connectivity index (χ0n) is 14.1. The highest BCUT2D eigenvalue weighted by Gasteiger charge is 2.27. The van der Waals surface area contributed by atoms with Crippen LogP contribution in [0.15, 0.2) is 36.9 Å². The SMILES string of the molecule is Cc1ccc(NC(=O)[C@H](C)N2CCC(n3ccnc3)CC2)cc1F. The van der Waals surface area contributed by atoms with Crippen molar-refractivity contribution in [3.8, 4) is 0 Å². The summed E-state index contributed by atoms with van der Waals surface area (Å²) in [6, 6.07) is 4.98. The van der Waals surface area contributed by atoms with Crippen LogP contribution >= 0.6 is 0 Å². The van der Waals surface area contributed by atoms with Gasteiger partial charge in [0.1, 0.15) is 5.82 Å². The van der Waals surface area contributed by atoms with E-state index in [0.717, 1.165) is 25.9 Å². The second-order valence-electron chi connectivity index (χ2n) is 6.41. The zero-order chi connectivity index (χ0) is 17.1. The van der Waals surface area contributed by atoms with E-state index in [-0.39, 0.29) is 17.8 Å². The molecular formula is C18H23FN4O. The van der Waals surface area contributed by atoms with E-state index in [4.69, 9.17) is 0 Å². The van der Waals surface area contributed by atoms with Crippen LogP contribution in [0.1, 0.15) is 31.4 Å². The molecule has 3 rings (SSSR count). The highest BCUT2D eigenvalue weighted by molar-refractivity contribution is 5.94. The molecule has 1 aromatic carbocycles. The summed E-state index contributed by atoms with van der Waals surface area (Å²) in [4.78, 5) is 18.7. The molecule has 1 N–H and O–H groups in total. The lowest BCUT2D eigenvalue weighted by Gasteiger charge is -2.35. The van der Waals surface area contributed by atoms with Gasteiger partial charge in [0.25, 0.3) is 0 Å². The number of carbonyl (C=O) groups excluding carboxylic acids is 1. The van der Waals surface area contributed by atoms with Crippen LogP contribution in [0, 0.1) is 12.7 Å². The van der Waals surface area contributed by atoms with Crippen molar-refractivity contribution in [1.82, 2.24) is 14.5 Å². The number of nitrogens with zero attached hydrogens (tertiary/aromatic N) is 3. The fourth-order valence-corrected chi connectivity index (χ4v) is 3.14. The van der Waals surface area contributed by atoms with E-state index < -0.39 is 0 Å². The van der Waals surface area contributed by atoms with Crippen LogP contribution in [-0.2, 0) is 4.79 Å². The van der Waals surface area contributed by atoms with E-state index in [1.54, 1.807) is 25.3 Å². The Morgan fingerprint density at radius 3 is 2.75 bits per heavy atom. The third-order valence-corrected chi connectivity index (χ3v) is 4.81. The molecule has 0 aliphatic carbocycles. The number of aromatic nitrogens is 2. The number of hydrogen-bond acceptors (Lipinski definition) is 3. The number of amides is 1. The largest absolute Gasteiger partial charge is 0.334 e. The number of rotatable bonds is 4. The minimum absolute atomic E-state index is 0.0978. The maximum Gasteiger partial charge on any atom is 0.241 e. The third-order valence-electron chi connectivity index (χ3n) is 4.81. The van der Waals surface area contributed by atoms with Crippen LogP contribution in [0.25, 0.3) is 0 Å². The first-order valence-electron chi connectivity index (χ1n) is 8.33. The molecule has 128 valence electrons. The summed E-state index contributed by atoms with van der Waals surface area (Å²) in [6.07, 6.45) is 7.62. The van der Waals surface area contributed by atoms with Crippen LogP contribution in [0.3, 0.4) is 0 Å². The molecule has 1 amide bonds. The molecule has 1 aliphatic rings. The molecule has 1 saturated heterocycles. The number of aryl methyl sites for hydroxylation is 1. The zero-order valence-corrected chi connectivity index (χ0v) is 14.1. The molecule has 1 aromatic heterocycles. The minimum atomic E-state index is -0.304. The minimum Gasteiger partial charge on any atom is -0.334 e. The van der Waals surface area contributed by atoms with Crippen molar-refractivity contribution in [2.75, 3.05) is 18.4 Å². The smallest absolute Gasteiger partial charge is 0.241 e. The molecule has 0 saturated carbocycles. The Hall–Kier alpha value is -2.21. The lowest BCUT2D eigenvalue weighted by molar-refractivity contribution is -0.121. The first kappa shape index (κ1) is 16.6. The van der Waals surface area contributed by atoms with Gasteiger partial charge in [0.2, 0.25) is 5.91 Å². The number of halogens is 1. The van der Waals surface area contributed by atoms with Crippen molar-refractivity contribution < 1.29 is 9.18 Å². The second kappa shape index (κ2) is 7.13. The summed E-state index contributed by atoms with van der Waals surface area (Å²) in [6.45, 7) is 5.32. The monoisotopic (exact) mass is 330 g/mol. The summed E-state index contributed by atoms with van der Waals surface area (Å²) in [5.41, 5.74) is 1.07. The molecule has 0 unspecified atom stereocenters. The average molecular weight is 330 g/mol. The Labute approximate surface area is 141 Å². The normalized spacial score (nSPS) is 17.6. The fourth-order valence-electron chi connectivity index (χ4n) is 3.14. The molecule has 0 spiro atoms. The van der Waals surface area contributed by atoms with E-state index in [1.807, 2.05) is 19.4 Å².